The first-order valence-electron chi connectivity index (χ1n) is 2.45. The van der Waals surface area contributed by atoms with Crippen molar-refractivity contribution in [3.63, 3.8) is 0 Å². The van der Waals surface area contributed by atoms with Crippen LogP contribution < -0.4 is 0 Å². The second-order valence-electron chi connectivity index (χ2n) is 1.39. The summed E-state index contributed by atoms with van der Waals surface area (Å²) in [6, 6.07) is 0. The first-order chi connectivity index (χ1) is 4.18. The molecule has 0 radical (unpaired) electrons. The van der Waals surface area contributed by atoms with Crippen LogP contribution in [-0.4, -0.2) is 27.1 Å². The lowest BCUT2D eigenvalue weighted by atomic mass is 10.9. The number of hydrogen-bond donors (Lipinski definition) is 0. The van der Waals surface area contributed by atoms with Crippen LogP contribution in [0.25, 0.3) is 0 Å². The molecule has 0 saturated heterocycles. The molecule has 0 aromatic heterocycles. The molecular formula is C4H10FO3P. The van der Waals surface area contributed by atoms with Crippen molar-refractivity contribution in [3.8, 4) is 0 Å². The zero-order valence-electron chi connectivity index (χ0n) is 5.46. The van der Waals surface area contributed by atoms with Gasteiger partial charge in [-0.05, 0) is 0 Å². The summed E-state index contributed by atoms with van der Waals surface area (Å²) in [5.74, 6) is 0. The van der Waals surface area contributed by atoms with E-state index in [2.05, 4.69) is 9.05 Å². The van der Waals surface area contributed by atoms with Gasteiger partial charge in [0, 0.05) is 14.2 Å². The molecule has 0 amide bonds. The number of hydrogen-bond acceptors (Lipinski definition) is 3. The Kier molecular flexibility index (Phi) is 4.02. The summed E-state index contributed by atoms with van der Waals surface area (Å²) in [6.07, 6.45) is -0.167. The average Bonchev–Trinajstić information content (AvgIpc) is 1.89. The van der Waals surface area contributed by atoms with Crippen molar-refractivity contribution in [2.75, 3.05) is 27.1 Å². The summed E-state index contributed by atoms with van der Waals surface area (Å²) < 4.78 is 31.2. The molecule has 0 N–H and O–H groups in total. The van der Waals surface area contributed by atoms with Crippen molar-refractivity contribution in [1.29, 1.82) is 0 Å². The highest BCUT2D eigenvalue weighted by molar-refractivity contribution is 7.53. The Morgan fingerprint density at radius 2 is 1.89 bits per heavy atom. The SMILES string of the molecule is COP(=O)(CCF)OC. The standard InChI is InChI=1S/C4H10FO3P/c1-7-9(6,8-2)4-3-5/h3-4H2,1-2H3. The molecule has 0 unspecified atom stereocenters. The quantitative estimate of drug-likeness (QED) is 0.577. The van der Waals surface area contributed by atoms with E-state index in [1.807, 2.05) is 0 Å². The van der Waals surface area contributed by atoms with E-state index in [1.165, 1.54) is 14.2 Å². The van der Waals surface area contributed by atoms with Crippen LogP contribution in [-0.2, 0) is 13.6 Å². The second-order valence-corrected chi connectivity index (χ2v) is 3.79. The summed E-state index contributed by atoms with van der Waals surface area (Å²) in [7, 11) is -0.584. The van der Waals surface area contributed by atoms with Gasteiger partial charge in [-0.15, -0.1) is 0 Å². The van der Waals surface area contributed by atoms with E-state index in [9.17, 15) is 8.96 Å². The van der Waals surface area contributed by atoms with E-state index >= 15 is 0 Å². The average molecular weight is 156 g/mol. The third-order valence-corrected chi connectivity index (χ3v) is 2.74. The minimum Gasteiger partial charge on any atom is -0.312 e. The fourth-order valence-electron chi connectivity index (χ4n) is 0.361. The molecule has 9 heavy (non-hydrogen) atoms. The molecule has 0 bridgehead atoms. The molecule has 5 heteroatoms. The third kappa shape index (κ3) is 2.94. The summed E-state index contributed by atoms with van der Waals surface area (Å²) in [5.41, 5.74) is 0. The highest BCUT2D eigenvalue weighted by atomic mass is 31.2. The molecule has 0 aliphatic rings. The summed E-state index contributed by atoms with van der Waals surface area (Å²) in [6.45, 7) is -0.682. The van der Waals surface area contributed by atoms with Gasteiger partial charge in [-0.2, -0.15) is 0 Å². The molecule has 0 aromatic rings. The van der Waals surface area contributed by atoms with Crippen LogP contribution in [0.3, 0.4) is 0 Å². The molecule has 0 heterocycles. The Balaban J connectivity index is 3.78. The second kappa shape index (κ2) is 3.99. The van der Waals surface area contributed by atoms with Gasteiger partial charge in [0.1, 0.15) is 6.67 Å². The zero-order valence-corrected chi connectivity index (χ0v) is 6.36. The Morgan fingerprint density at radius 1 is 1.44 bits per heavy atom. The lowest BCUT2D eigenvalue weighted by Crippen LogP contribution is -1.95. The van der Waals surface area contributed by atoms with Gasteiger partial charge in [0.05, 0.1) is 6.16 Å². The lowest BCUT2D eigenvalue weighted by Gasteiger charge is -2.09. The summed E-state index contributed by atoms with van der Waals surface area (Å²) in [4.78, 5) is 0. The van der Waals surface area contributed by atoms with E-state index in [0.717, 1.165) is 0 Å². The van der Waals surface area contributed by atoms with Gasteiger partial charge in [0.25, 0.3) is 0 Å². The molecule has 0 fully saturated rings. The highest BCUT2D eigenvalue weighted by Crippen LogP contribution is 2.45. The van der Waals surface area contributed by atoms with E-state index in [4.69, 9.17) is 0 Å². The molecule has 3 nitrogen and oxygen atoms in total. The Morgan fingerprint density at radius 3 is 2.00 bits per heavy atom. The minimum atomic E-state index is -3.06. The first-order valence-corrected chi connectivity index (χ1v) is 4.18. The topological polar surface area (TPSA) is 35.5 Å². The van der Waals surface area contributed by atoms with Gasteiger partial charge in [0.15, 0.2) is 0 Å². The third-order valence-electron chi connectivity index (χ3n) is 0.915. The lowest BCUT2D eigenvalue weighted by molar-refractivity contribution is 0.272. The van der Waals surface area contributed by atoms with Gasteiger partial charge in [-0.25, -0.2) is 0 Å². The van der Waals surface area contributed by atoms with Crippen molar-refractivity contribution in [3.05, 3.63) is 0 Å². The van der Waals surface area contributed by atoms with Crippen molar-refractivity contribution in [2.24, 2.45) is 0 Å². The van der Waals surface area contributed by atoms with Crippen molar-refractivity contribution in [2.45, 2.75) is 0 Å². The highest BCUT2D eigenvalue weighted by Gasteiger charge is 2.19. The Bertz CT molecular complexity index is 108. The molecule has 0 atom stereocenters. The number of alkyl halides is 1. The van der Waals surface area contributed by atoms with Crippen molar-refractivity contribution < 1.29 is 18.0 Å². The van der Waals surface area contributed by atoms with Gasteiger partial charge in [-0.1, -0.05) is 0 Å². The van der Waals surface area contributed by atoms with Gasteiger partial charge in [-0.3, -0.25) is 8.96 Å². The molecule has 0 aromatic carbocycles. The van der Waals surface area contributed by atoms with Crippen LogP contribution in [0.4, 0.5) is 4.39 Å². The van der Waals surface area contributed by atoms with Crippen LogP contribution >= 0.6 is 7.60 Å². The Hall–Kier alpha value is 0.0800. The van der Waals surface area contributed by atoms with Gasteiger partial charge < -0.3 is 9.05 Å². The predicted molar refractivity (Wildman–Crippen MR) is 32.5 cm³/mol. The van der Waals surface area contributed by atoms with Crippen molar-refractivity contribution >= 4 is 7.60 Å². The first kappa shape index (κ1) is 9.08. The van der Waals surface area contributed by atoms with E-state index in [0.29, 0.717) is 0 Å². The van der Waals surface area contributed by atoms with Gasteiger partial charge >= 0.3 is 7.60 Å². The monoisotopic (exact) mass is 156 g/mol. The van der Waals surface area contributed by atoms with Crippen LogP contribution in [0.15, 0.2) is 0 Å². The fourth-order valence-corrected chi connectivity index (χ4v) is 1.08. The zero-order chi connectivity index (χ0) is 7.33. The van der Waals surface area contributed by atoms with Crippen molar-refractivity contribution in [1.82, 2.24) is 0 Å². The Labute approximate surface area is 53.7 Å². The maximum Gasteiger partial charge on any atom is 0.332 e. The van der Waals surface area contributed by atoms with Gasteiger partial charge in [0.2, 0.25) is 0 Å². The molecule has 0 aliphatic heterocycles. The predicted octanol–water partition coefficient (Wildman–Crippen LogP) is 1.44. The number of rotatable bonds is 4. The fraction of sp³-hybridized carbons (Fsp3) is 1.00. The normalized spacial score (nSPS) is 11.9. The molecule has 56 valence electrons. The van der Waals surface area contributed by atoms with E-state index in [1.54, 1.807) is 0 Å². The summed E-state index contributed by atoms with van der Waals surface area (Å²) in [5, 5.41) is 0. The van der Waals surface area contributed by atoms with Crippen LogP contribution in [0, 0.1) is 0 Å². The van der Waals surface area contributed by atoms with E-state index < -0.39 is 14.3 Å². The van der Waals surface area contributed by atoms with Crippen LogP contribution in [0.1, 0.15) is 0 Å². The largest absolute Gasteiger partial charge is 0.332 e. The smallest absolute Gasteiger partial charge is 0.312 e. The number of halogens is 1. The molecule has 0 aliphatic carbocycles. The molecule has 0 rings (SSSR count). The maximum absolute atomic E-state index is 11.5. The van der Waals surface area contributed by atoms with Crippen LogP contribution in [0.5, 0.6) is 0 Å². The summed E-state index contributed by atoms with van der Waals surface area (Å²) >= 11 is 0. The molecular weight excluding hydrogens is 146 g/mol. The minimum absolute atomic E-state index is 0.167. The molecule has 0 saturated carbocycles. The molecule has 0 spiro atoms. The van der Waals surface area contributed by atoms with E-state index in [-0.39, 0.29) is 6.16 Å². The van der Waals surface area contributed by atoms with Crippen LogP contribution in [0.2, 0.25) is 0 Å². The maximum atomic E-state index is 11.5.